The molecule has 3 nitrogen and oxygen atoms in total. The number of rotatable bonds is 5. The Bertz CT molecular complexity index is 396. The summed E-state index contributed by atoms with van der Waals surface area (Å²) in [7, 11) is -4.68. The molecule has 112 valence electrons. The molecule has 1 aliphatic rings. The van der Waals surface area contributed by atoms with Gasteiger partial charge in [0.15, 0.2) is 8.32 Å². The molecule has 0 amide bonds. The monoisotopic (exact) mass is 304 g/mol. The van der Waals surface area contributed by atoms with E-state index in [4.69, 9.17) is 4.43 Å². The van der Waals surface area contributed by atoms with E-state index in [9.17, 15) is 9.46 Å². The number of hydrogen-bond donors (Lipinski definition) is 1. The smallest absolute Gasteiger partial charge is 0.204 e. The average molecular weight is 304 g/mol. The summed E-state index contributed by atoms with van der Waals surface area (Å²) in [6, 6.07) is 0. The molecule has 0 heterocycles. The minimum absolute atomic E-state index is 0.214. The van der Waals surface area contributed by atoms with Gasteiger partial charge in [0.1, 0.15) is 0 Å². The maximum absolute atomic E-state index is 11.8. The zero-order valence-electron chi connectivity index (χ0n) is 13.2. The van der Waals surface area contributed by atoms with Crippen LogP contribution in [0.15, 0.2) is 11.6 Å². The summed E-state index contributed by atoms with van der Waals surface area (Å²) < 4.78 is 18.1. The van der Waals surface area contributed by atoms with E-state index in [2.05, 4.69) is 39.9 Å². The van der Waals surface area contributed by atoms with Gasteiger partial charge in [0.05, 0.1) is 6.10 Å². The van der Waals surface area contributed by atoms with E-state index in [1.807, 2.05) is 0 Å². The van der Waals surface area contributed by atoms with Crippen molar-refractivity contribution in [1.82, 2.24) is 0 Å². The van der Waals surface area contributed by atoms with Gasteiger partial charge in [0.2, 0.25) is 7.37 Å². The van der Waals surface area contributed by atoms with E-state index in [1.54, 1.807) is 6.92 Å². The van der Waals surface area contributed by atoms with Crippen molar-refractivity contribution >= 4 is 15.7 Å². The molecule has 19 heavy (non-hydrogen) atoms. The molecule has 2 atom stereocenters. The second kappa shape index (κ2) is 5.85. The van der Waals surface area contributed by atoms with Crippen molar-refractivity contribution in [3.8, 4) is 0 Å². The third kappa shape index (κ3) is 4.85. The van der Waals surface area contributed by atoms with Crippen molar-refractivity contribution in [2.45, 2.75) is 64.8 Å². The summed E-state index contributed by atoms with van der Waals surface area (Å²) in [5, 5.41) is 0.214. The lowest BCUT2D eigenvalue weighted by atomic mass is 10.2. The van der Waals surface area contributed by atoms with Crippen LogP contribution in [0.3, 0.4) is 0 Å². The first kappa shape index (κ1) is 17.2. The molecule has 0 aromatic carbocycles. The Morgan fingerprint density at radius 2 is 2.05 bits per heavy atom. The van der Waals surface area contributed by atoms with Gasteiger partial charge < -0.3 is 9.32 Å². The SMILES string of the molecule is CCP(=O)(O)CC1=CC[C@@H](O[Si](C)(C)C(C)(C)C)C1. The van der Waals surface area contributed by atoms with Crippen molar-refractivity contribution in [2.75, 3.05) is 12.3 Å². The van der Waals surface area contributed by atoms with E-state index in [1.165, 1.54) is 0 Å². The lowest BCUT2D eigenvalue weighted by Gasteiger charge is -2.38. The van der Waals surface area contributed by atoms with Gasteiger partial charge in [-0.05, 0) is 31.0 Å². The van der Waals surface area contributed by atoms with Crippen LogP contribution in [0.5, 0.6) is 0 Å². The van der Waals surface area contributed by atoms with Gasteiger partial charge in [0, 0.05) is 12.3 Å². The second-order valence-electron chi connectivity index (χ2n) is 7.12. The summed E-state index contributed by atoms with van der Waals surface area (Å²) >= 11 is 0. The third-order valence-electron chi connectivity index (χ3n) is 4.37. The van der Waals surface area contributed by atoms with Crippen LogP contribution in [0.1, 0.15) is 40.5 Å². The van der Waals surface area contributed by atoms with Crippen molar-refractivity contribution in [3.63, 3.8) is 0 Å². The number of hydrogen-bond acceptors (Lipinski definition) is 2. The minimum Gasteiger partial charge on any atom is -0.413 e. The molecule has 1 rings (SSSR count). The average Bonchev–Trinajstić information content (AvgIpc) is 2.62. The fourth-order valence-electron chi connectivity index (χ4n) is 2.00. The summed E-state index contributed by atoms with van der Waals surface area (Å²) in [4.78, 5) is 9.71. The molecule has 5 heteroatoms. The van der Waals surface area contributed by atoms with Gasteiger partial charge in [-0.2, -0.15) is 0 Å². The molecule has 0 saturated heterocycles. The third-order valence-corrected chi connectivity index (χ3v) is 10.8. The highest BCUT2D eigenvalue weighted by molar-refractivity contribution is 7.58. The summed E-state index contributed by atoms with van der Waals surface area (Å²) in [6.07, 6.45) is 4.76. The lowest BCUT2D eigenvalue weighted by molar-refractivity contribution is 0.192. The van der Waals surface area contributed by atoms with E-state index in [0.717, 1.165) is 18.4 Å². The topological polar surface area (TPSA) is 46.5 Å². The Labute approximate surface area is 119 Å². The molecule has 1 unspecified atom stereocenters. The van der Waals surface area contributed by atoms with Gasteiger partial charge in [-0.3, -0.25) is 4.57 Å². The Hall–Kier alpha value is 0.107. The Balaban J connectivity index is 2.55. The van der Waals surface area contributed by atoms with Crippen LogP contribution in [0, 0.1) is 0 Å². The van der Waals surface area contributed by atoms with Gasteiger partial charge in [-0.25, -0.2) is 0 Å². The molecule has 0 aromatic rings. The zero-order chi connectivity index (χ0) is 14.9. The Morgan fingerprint density at radius 3 is 2.53 bits per heavy atom. The zero-order valence-corrected chi connectivity index (χ0v) is 15.1. The maximum atomic E-state index is 11.8. The van der Waals surface area contributed by atoms with Crippen LogP contribution in [0.25, 0.3) is 0 Å². The van der Waals surface area contributed by atoms with Gasteiger partial charge >= 0.3 is 0 Å². The molecule has 0 bridgehead atoms. The summed E-state index contributed by atoms with van der Waals surface area (Å²) in [6.45, 7) is 13.0. The maximum Gasteiger partial charge on any atom is 0.204 e. The molecule has 0 aliphatic heterocycles. The first-order chi connectivity index (χ1) is 8.47. The predicted molar refractivity (Wildman–Crippen MR) is 84.6 cm³/mol. The molecular weight excluding hydrogens is 275 g/mol. The van der Waals surface area contributed by atoms with Crippen LogP contribution in [0.2, 0.25) is 18.1 Å². The van der Waals surface area contributed by atoms with E-state index in [-0.39, 0.29) is 11.1 Å². The van der Waals surface area contributed by atoms with Crippen LogP contribution in [-0.4, -0.2) is 31.6 Å². The van der Waals surface area contributed by atoms with Crippen LogP contribution >= 0.6 is 7.37 Å². The molecule has 0 radical (unpaired) electrons. The van der Waals surface area contributed by atoms with Crippen molar-refractivity contribution in [3.05, 3.63) is 11.6 Å². The van der Waals surface area contributed by atoms with Crippen LogP contribution < -0.4 is 0 Å². The molecule has 0 fully saturated rings. The first-order valence-electron chi connectivity index (χ1n) is 7.13. The molecule has 0 aromatic heterocycles. The standard InChI is InChI=1S/C14H29O3PSi/c1-7-18(15,16)11-12-8-9-13(10-12)17-19(5,6)14(2,3)4/h8,13H,7,9-11H2,1-6H3,(H,15,16)/t13-/m1/s1. The highest BCUT2D eigenvalue weighted by Gasteiger charge is 2.39. The van der Waals surface area contributed by atoms with Crippen LogP contribution in [0.4, 0.5) is 0 Å². The Kier molecular flexibility index (Phi) is 5.28. The van der Waals surface area contributed by atoms with Crippen molar-refractivity contribution in [1.29, 1.82) is 0 Å². The van der Waals surface area contributed by atoms with Crippen LogP contribution in [-0.2, 0) is 8.99 Å². The van der Waals surface area contributed by atoms with Crippen molar-refractivity contribution < 1.29 is 13.9 Å². The van der Waals surface area contributed by atoms with Gasteiger partial charge in [-0.15, -0.1) is 0 Å². The summed E-state index contributed by atoms with van der Waals surface area (Å²) in [5.74, 6) is 0. The first-order valence-corrected chi connectivity index (χ1v) is 12.1. The molecule has 1 N–H and O–H groups in total. The molecule has 1 aliphatic carbocycles. The molecule has 0 saturated carbocycles. The quantitative estimate of drug-likeness (QED) is 0.465. The van der Waals surface area contributed by atoms with E-state index in [0.29, 0.717) is 12.3 Å². The van der Waals surface area contributed by atoms with Crippen molar-refractivity contribution in [2.24, 2.45) is 0 Å². The Morgan fingerprint density at radius 1 is 1.47 bits per heavy atom. The van der Waals surface area contributed by atoms with E-state index >= 15 is 0 Å². The summed E-state index contributed by atoms with van der Waals surface area (Å²) in [5.41, 5.74) is 1.11. The largest absolute Gasteiger partial charge is 0.413 e. The molecule has 0 spiro atoms. The lowest BCUT2D eigenvalue weighted by Crippen LogP contribution is -2.43. The van der Waals surface area contributed by atoms with Gasteiger partial charge in [0.25, 0.3) is 0 Å². The van der Waals surface area contributed by atoms with Gasteiger partial charge in [-0.1, -0.05) is 39.3 Å². The minimum atomic E-state index is -2.95. The fourth-order valence-corrected chi connectivity index (χ4v) is 4.48. The second-order valence-corrected chi connectivity index (χ2v) is 14.5. The normalized spacial score (nSPS) is 24.2. The predicted octanol–water partition coefficient (Wildman–Crippen LogP) is 4.39. The fraction of sp³-hybridized carbons (Fsp3) is 0.857. The highest BCUT2D eigenvalue weighted by atomic mass is 31.2. The molecular formula is C14H29O3PSi. The highest BCUT2D eigenvalue weighted by Crippen LogP contribution is 2.45. The van der Waals surface area contributed by atoms with E-state index < -0.39 is 15.7 Å².